The van der Waals surface area contributed by atoms with Gasteiger partial charge in [0.05, 0.1) is 12.8 Å². The van der Waals surface area contributed by atoms with E-state index in [0.717, 1.165) is 11.3 Å². The van der Waals surface area contributed by atoms with Crippen molar-refractivity contribution in [1.29, 1.82) is 0 Å². The molecule has 0 N–H and O–H groups in total. The first-order chi connectivity index (χ1) is 12.6. The first-order valence-corrected chi connectivity index (χ1v) is 8.72. The van der Waals surface area contributed by atoms with Gasteiger partial charge in [0.2, 0.25) is 0 Å². The van der Waals surface area contributed by atoms with Crippen molar-refractivity contribution in [2.24, 2.45) is 0 Å². The van der Waals surface area contributed by atoms with E-state index in [-0.39, 0.29) is 12.5 Å². The van der Waals surface area contributed by atoms with Crippen molar-refractivity contribution in [3.63, 3.8) is 0 Å². The maximum atomic E-state index is 12.7. The van der Waals surface area contributed by atoms with Gasteiger partial charge < -0.3 is 14.1 Å². The largest absolute Gasteiger partial charge is 0.484 e. The number of rotatable bonds is 7. The van der Waals surface area contributed by atoms with Gasteiger partial charge in [-0.15, -0.1) is 0 Å². The number of carbonyl (C=O) groups excluding carboxylic acids is 1. The van der Waals surface area contributed by atoms with Crippen molar-refractivity contribution in [2.75, 3.05) is 6.61 Å². The highest BCUT2D eigenvalue weighted by molar-refractivity contribution is 6.30. The highest BCUT2D eigenvalue weighted by Crippen LogP contribution is 2.16. The second kappa shape index (κ2) is 8.59. The fraction of sp³-hybridized carbons (Fsp3) is 0.190. The van der Waals surface area contributed by atoms with E-state index in [0.29, 0.717) is 23.9 Å². The highest BCUT2D eigenvalue weighted by Gasteiger charge is 2.17. The Balaban J connectivity index is 1.67. The molecule has 0 atom stereocenters. The number of halogens is 1. The standard InChI is InChI=1S/C21H20ClNO3/c1-16-4-6-17(7-5-16)13-23(14-20-3-2-12-25-20)21(24)15-26-19-10-8-18(22)9-11-19/h2-12H,13-15H2,1H3. The zero-order valence-electron chi connectivity index (χ0n) is 14.5. The van der Waals surface area contributed by atoms with Crippen LogP contribution in [-0.4, -0.2) is 17.4 Å². The van der Waals surface area contributed by atoms with E-state index in [1.807, 2.05) is 43.3 Å². The number of aryl methyl sites for hydroxylation is 1. The summed E-state index contributed by atoms with van der Waals surface area (Å²) in [6, 6.07) is 18.7. The lowest BCUT2D eigenvalue weighted by molar-refractivity contribution is -0.134. The fourth-order valence-electron chi connectivity index (χ4n) is 2.50. The van der Waals surface area contributed by atoms with Crippen LogP contribution in [0.3, 0.4) is 0 Å². The van der Waals surface area contributed by atoms with Crippen molar-refractivity contribution in [1.82, 2.24) is 4.90 Å². The molecule has 3 rings (SSSR count). The Kier molecular flexibility index (Phi) is 5.97. The Morgan fingerprint density at radius 1 is 1.04 bits per heavy atom. The van der Waals surface area contributed by atoms with E-state index in [2.05, 4.69) is 0 Å². The van der Waals surface area contributed by atoms with Crippen LogP contribution < -0.4 is 4.74 Å². The second-order valence-electron chi connectivity index (χ2n) is 6.06. The van der Waals surface area contributed by atoms with Gasteiger partial charge in [-0.1, -0.05) is 41.4 Å². The summed E-state index contributed by atoms with van der Waals surface area (Å²) in [5, 5.41) is 0.627. The van der Waals surface area contributed by atoms with Crippen LogP contribution in [0.4, 0.5) is 0 Å². The van der Waals surface area contributed by atoms with Gasteiger partial charge in [0.25, 0.3) is 5.91 Å². The number of benzene rings is 2. The first-order valence-electron chi connectivity index (χ1n) is 8.34. The van der Waals surface area contributed by atoms with Crippen molar-refractivity contribution < 1.29 is 13.9 Å². The third-order valence-corrected chi connectivity index (χ3v) is 4.20. The summed E-state index contributed by atoms with van der Waals surface area (Å²) in [6.45, 7) is 2.87. The average Bonchev–Trinajstić information content (AvgIpc) is 3.15. The molecule has 0 aliphatic rings. The third kappa shape index (κ3) is 5.14. The molecule has 0 radical (unpaired) electrons. The number of furan rings is 1. The van der Waals surface area contributed by atoms with Crippen LogP contribution in [0.1, 0.15) is 16.9 Å². The summed E-state index contributed by atoms with van der Waals surface area (Å²) in [5.74, 6) is 1.23. The van der Waals surface area contributed by atoms with Crippen LogP contribution in [0.25, 0.3) is 0 Å². The molecule has 2 aromatic carbocycles. The minimum absolute atomic E-state index is 0.0474. The molecule has 3 aromatic rings. The predicted molar refractivity (Wildman–Crippen MR) is 101 cm³/mol. The van der Waals surface area contributed by atoms with E-state index < -0.39 is 0 Å². The van der Waals surface area contributed by atoms with Crippen LogP contribution in [0, 0.1) is 6.92 Å². The number of carbonyl (C=O) groups is 1. The maximum Gasteiger partial charge on any atom is 0.261 e. The van der Waals surface area contributed by atoms with Crippen molar-refractivity contribution in [3.8, 4) is 5.75 Å². The van der Waals surface area contributed by atoms with Gasteiger partial charge >= 0.3 is 0 Å². The lowest BCUT2D eigenvalue weighted by atomic mass is 10.1. The minimum Gasteiger partial charge on any atom is -0.484 e. The topological polar surface area (TPSA) is 42.7 Å². The molecule has 1 aromatic heterocycles. The summed E-state index contributed by atoms with van der Waals surface area (Å²) < 4.78 is 11.0. The summed E-state index contributed by atoms with van der Waals surface area (Å²) in [6.07, 6.45) is 1.61. The van der Waals surface area contributed by atoms with E-state index in [1.54, 1.807) is 35.4 Å². The average molecular weight is 370 g/mol. The Bertz CT molecular complexity index is 827. The molecule has 0 saturated carbocycles. The van der Waals surface area contributed by atoms with Crippen molar-refractivity contribution in [3.05, 3.63) is 88.8 Å². The van der Waals surface area contributed by atoms with E-state index in [4.69, 9.17) is 20.8 Å². The molecule has 26 heavy (non-hydrogen) atoms. The number of hydrogen-bond donors (Lipinski definition) is 0. The Morgan fingerprint density at radius 3 is 2.42 bits per heavy atom. The SMILES string of the molecule is Cc1ccc(CN(Cc2ccco2)C(=O)COc2ccc(Cl)cc2)cc1. The molecule has 5 heteroatoms. The number of nitrogens with zero attached hydrogens (tertiary/aromatic N) is 1. The van der Waals surface area contributed by atoms with Gasteiger partial charge in [-0.05, 0) is 48.9 Å². The fourth-order valence-corrected chi connectivity index (χ4v) is 2.63. The third-order valence-electron chi connectivity index (χ3n) is 3.95. The molecule has 1 heterocycles. The van der Waals surface area contributed by atoms with Crippen molar-refractivity contribution in [2.45, 2.75) is 20.0 Å². The van der Waals surface area contributed by atoms with Crippen LogP contribution in [0.2, 0.25) is 5.02 Å². The quantitative estimate of drug-likeness (QED) is 0.598. The molecule has 0 saturated heterocycles. The minimum atomic E-state index is -0.114. The Labute approximate surface area is 158 Å². The zero-order valence-corrected chi connectivity index (χ0v) is 15.3. The van der Waals surface area contributed by atoms with Gasteiger partial charge in [0.15, 0.2) is 6.61 Å². The normalized spacial score (nSPS) is 10.5. The Morgan fingerprint density at radius 2 is 1.77 bits per heavy atom. The Hall–Kier alpha value is -2.72. The van der Waals surface area contributed by atoms with Gasteiger partial charge in [-0.25, -0.2) is 0 Å². The van der Waals surface area contributed by atoms with Gasteiger partial charge in [0, 0.05) is 11.6 Å². The summed E-state index contributed by atoms with van der Waals surface area (Å²) in [4.78, 5) is 14.4. The zero-order chi connectivity index (χ0) is 18.4. The first kappa shape index (κ1) is 18.1. The van der Waals surface area contributed by atoms with E-state index >= 15 is 0 Å². The smallest absolute Gasteiger partial charge is 0.261 e. The molecular formula is C21H20ClNO3. The lowest BCUT2D eigenvalue weighted by Gasteiger charge is -2.22. The maximum absolute atomic E-state index is 12.7. The lowest BCUT2D eigenvalue weighted by Crippen LogP contribution is -2.34. The molecular weight excluding hydrogens is 350 g/mol. The molecule has 0 fully saturated rings. The van der Waals surface area contributed by atoms with Crippen LogP contribution in [-0.2, 0) is 17.9 Å². The van der Waals surface area contributed by atoms with Crippen LogP contribution in [0.5, 0.6) is 5.75 Å². The molecule has 134 valence electrons. The molecule has 0 unspecified atom stereocenters. The van der Waals surface area contributed by atoms with E-state index in [1.165, 1.54) is 5.56 Å². The van der Waals surface area contributed by atoms with E-state index in [9.17, 15) is 4.79 Å². The second-order valence-corrected chi connectivity index (χ2v) is 6.49. The highest BCUT2D eigenvalue weighted by atomic mass is 35.5. The van der Waals surface area contributed by atoms with Gasteiger partial charge in [-0.2, -0.15) is 0 Å². The van der Waals surface area contributed by atoms with Gasteiger partial charge in [0.1, 0.15) is 11.5 Å². The van der Waals surface area contributed by atoms with Crippen molar-refractivity contribution >= 4 is 17.5 Å². The predicted octanol–water partition coefficient (Wildman–Crippen LogP) is 4.85. The molecule has 0 spiro atoms. The summed E-state index contributed by atoms with van der Waals surface area (Å²) in [7, 11) is 0. The molecule has 1 amide bonds. The van der Waals surface area contributed by atoms with Crippen LogP contribution >= 0.6 is 11.6 Å². The molecule has 0 aliphatic heterocycles. The number of amides is 1. The molecule has 4 nitrogen and oxygen atoms in total. The summed E-state index contributed by atoms with van der Waals surface area (Å²) >= 11 is 5.86. The van der Waals surface area contributed by atoms with Crippen LogP contribution in [0.15, 0.2) is 71.3 Å². The molecule has 0 aliphatic carbocycles. The molecule has 0 bridgehead atoms. The number of hydrogen-bond acceptors (Lipinski definition) is 3. The van der Waals surface area contributed by atoms with Gasteiger partial charge in [-0.3, -0.25) is 4.79 Å². The number of ether oxygens (including phenoxy) is 1. The summed E-state index contributed by atoms with van der Waals surface area (Å²) in [5.41, 5.74) is 2.24. The monoisotopic (exact) mass is 369 g/mol.